The highest BCUT2D eigenvalue weighted by molar-refractivity contribution is 7.92. The minimum Gasteiger partial charge on any atom is -0.398 e. The van der Waals surface area contributed by atoms with Gasteiger partial charge in [0, 0.05) is 5.69 Å². The fourth-order valence-corrected chi connectivity index (χ4v) is 3.70. The van der Waals surface area contributed by atoms with Gasteiger partial charge in [-0.25, -0.2) is 8.42 Å². The van der Waals surface area contributed by atoms with E-state index in [4.69, 9.17) is 11.0 Å². The number of nitrogen functional groups attached to an aromatic ring is 1. The fraction of sp³-hybridized carbons (Fsp3) is 0.133. The van der Waals surface area contributed by atoms with Gasteiger partial charge in [0.15, 0.2) is 0 Å². The number of hydrogen-bond donors (Lipinski definition) is 2. The molecule has 2 aromatic rings. The van der Waals surface area contributed by atoms with E-state index in [0.29, 0.717) is 16.8 Å². The van der Waals surface area contributed by atoms with E-state index in [-0.39, 0.29) is 16.1 Å². The number of rotatable bonds is 3. The Hall–Kier alpha value is -2.52. The first kappa shape index (κ1) is 14.9. The maximum absolute atomic E-state index is 12.6. The van der Waals surface area contributed by atoms with Gasteiger partial charge in [0.25, 0.3) is 10.0 Å². The Morgan fingerprint density at radius 3 is 2.48 bits per heavy atom. The van der Waals surface area contributed by atoms with E-state index in [2.05, 4.69) is 4.72 Å². The Morgan fingerprint density at radius 2 is 1.81 bits per heavy atom. The van der Waals surface area contributed by atoms with Crippen LogP contribution in [0.2, 0.25) is 0 Å². The van der Waals surface area contributed by atoms with Crippen molar-refractivity contribution < 1.29 is 8.42 Å². The van der Waals surface area contributed by atoms with Gasteiger partial charge in [-0.1, -0.05) is 18.2 Å². The second-order valence-corrected chi connectivity index (χ2v) is 6.31. The Morgan fingerprint density at radius 1 is 1.14 bits per heavy atom. The number of nitrogens with zero attached hydrogens (tertiary/aromatic N) is 1. The van der Waals surface area contributed by atoms with Crippen LogP contribution in [0.25, 0.3) is 0 Å². The van der Waals surface area contributed by atoms with E-state index < -0.39 is 10.0 Å². The topological polar surface area (TPSA) is 96.0 Å². The van der Waals surface area contributed by atoms with Gasteiger partial charge in [-0.15, -0.1) is 0 Å². The molecule has 108 valence electrons. The molecule has 0 aliphatic carbocycles. The van der Waals surface area contributed by atoms with Gasteiger partial charge in [0.1, 0.15) is 6.07 Å². The highest BCUT2D eigenvalue weighted by atomic mass is 32.2. The highest BCUT2D eigenvalue weighted by Gasteiger charge is 2.21. The number of anilines is 2. The summed E-state index contributed by atoms with van der Waals surface area (Å²) in [7, 11) is -3.81. The van der Waals surface area contributed by atoms with Gasteiger partial charge in [0.2, 0.25) is 0 Å². The molecule has 6 heteroatoms. The lowest BCUT2D eigenvalue weighted by Gasteiger charge is -2.15. The molecular formula is C15H15N3O2S. The number of nitrogens with one attached hydrogen (secondary N) is 1. The summed E-state index contributed by atoms with van der Waals surface area (Å²) in [5.74, 6) is 0. The van der Waals surface area contributed by atoms with Gasteiger partial charge in [-0.3, -0.25) is 4.72 Å². The molecule has 0 unspecified atom stereocenters. The molecule has 0 heterocycles. The van der Waals surface area contributed by atoms with Crippen LogP contribution in [-0.4, -0.2) is 8.42 Å². The average Bonchev–Trinajstić information content (AvgIpc) is 2.43. The summed E-state index contributed by atoms with van der Waals surface area (Å²) in [4.78, 5) is 0.148. The lowest BCUT2D eigenvalue weighted by Crippen LogP contribution is -2.17. The summed E-state index contributed by atoms with van der Waals surface area (Å²) in [6.45, 7) is 3.37. The van der Waals surface area contributed by atoms with Crippen molar-refractivity contribution in [3.63, 3.8) is 0 Å². The van der Waals surface area contributed by atoms with Crippen molar-refractivity contribution in [2.45, 2.75) is 18.7 Å². The summed E-state index contributed by atoms with van der Waals surface area (Å²) in [6, 6.07) is 11.7. The number of para-hydroxylation sites is 1. The van der Waals surface area contributed by atoms with Crippen LogP contribution in [0.3, 0.4) is 0 Å². The maximum Gasteiger partial charge on any atom is 0.262 e. The molecule has 0 atom stereocenters. The number of hydrogen-bond acceptors (Lipinski definition) is 4. The molecule has 0 fully saturated rings. The Labute approximate surface area is 124 Å². The molecule has 0 amide bonds. The molecule has 21 heavy (non-hydrogen) atoms. The zero-order chi connectivity index (χ0) is 15.6. The van der Waals surface area contributed by atoms with Crippen molar-refractivity contribution in [1.29, 1.82) is 5.26 Å². The van der Waals surface area contributed by atoms with E-state index in [1.54, 1.807) is 50.2 Å². The molecule has 2 rings (SSSR count). The Bertz CT molecular complexity index is 836. The fourth-order valence-electron chi connectivity index (χ4n) is 2.12. The van der Waals surface area contributed by atoms with E-state index in [1.165, 1.54) is 0 Å². The van der Waals surface area contributed by atoms with Crippen LogP contribution in [0.4, 0.5) is 11.4 Å². The van der Waals surface area contributed by atoms with Crippen LogP contribution < -0.4 is 10.5 Å². The zero-order valence-electron chi connectivity index (χ0n) is 11.7. The maximum atomic E-state index is 12.6. The standard InChI is InChI=1S/C15H15N3O2S/c1-10-7-8-13(17)11(2)15(10)21(19,20)18-14-6-4-3-5-12(14)9-16/h3-8,18H,17H2,1-2H3. The minimum atomic E-state index is -3.81. The van der Waals surface area contributed by atoms with E-state index in [0.717, 1.165) is 0 Å². The molecule has 2 aromatic carbocycles. The number of benzene rings is 2. The van der Waals surface area contributed by atoms with Crippen LogP contribution in [0.1, 0.15) is 16.7 Å². The summed E-state index contributed by atoms with van der Waals surface area (Å²) in [6.07, 6.45) is 0. The largest absolute Gasteiger partial charge is 0.398 e. The van der Waals surface area contributed by atoms with Gasteiger partial charge < -0.3 is 5.73 Å². The predicted molar refractivity (Wildman–Crippen MR) is 82.3 cm³/mol. The summed E-state index contributed by atoms with van der Waals surface area (Å²) < 4.78 is 27.6. The van der Waals surface area contributed by atoms with Crippen molar-refractivity contribution in [3.05, 3.63) is 53.1 Å². The number of nitriles is 1. The van der Waals surface area contributed by atoms with E-state index >= 15 is 0 Å². The molecular weight excluding hydrogens is 286 g/mol. The van der Waals surface area contributed by atoms with Crippen LogP contribution in [-0.2, 0) is 10.0 Å². The van der Waals surface area contributed by atoms with Crippen LogP contribution in [0.5, 0.6) is 0 Å². The first-order valence-corrected chi connectivity index (χ1v) is 7.73. The van der Waals surface area contributed by atoms with Crippen molar-refractivity contribution in [3.8, 4) is 6.07 Å². The zero-order valence-corrected chi connectivity index (χ0v) is 12.5. The summed E-state index contributed by atoms with van der Waals surface area (Å²) in [5, 5.41) is 9.03. The molecule has 0 aliphatic rings. The lowest BCUT2D eigenvalue weighted by atomic mass is 10.1. The average molecular weight is 301 g/mol. The number of aryl methyl sites for hydroxylation is 1. The quantitative estimate of drug-likeness (QED) is 0.851. The highest BCUT2D eigenvalue weighted by Crippen LogP contribution is 2.27. The van der Waals surface area contributed by atoms with Crippen molar-refractivity contribution in [2.75, 3.05) is 10.5 Å². The Kier molecular flexibility index (Phi) is 3.87. The van der Waals surface area contributed by atoms with Crippen molar-refractivity contribution in [2.24, 2.45) is 0 Å². The normalized spacial score (nSPS) is 10.9. The number of sulfonamides is 1. The molecule has 0 aliphatic heterocycles. The SMILES string of the molecule is Cc1ccc(N)c(C)c1S(=O)(=O)Nc1ccccc1C#N. The second-order valence-electron chi connectivity index (χ2n) is 4.69. The van der Waals surface area contributed by atoms with Crippen LogP contribution in [0, 0.1) is 25.2 Å². The van der Waals surface area contributed by atoms with E-state index in [9.17, 15) is 8.42 Å². The molecule has 0 spiro atoms. The third-order valence-corrected chi connectivity index (χ3v) is 4.86. The predicted octanol–water partition coefficient (Wildman–Crippen LogP) is 2.56. The smallest absolute Gasteiger partial charge is 0.262 e. The van der Waals surface area contributed by atoms with Gasteiger partial charge >= 0.3 is 0 Å². The minimum absolute atomic E-state index is 0.148. The van der Waals surface area contributed by atoms with Crippen LogP contribution in [0.15, 0.2) is 41.3 Å². The van der Waals surface area contributed by atoms with Crippen molar-refractivity contribution in [1.82, 2.24) is 0 Å². The first-order valence-electron chi connectivity index (χ1n) is 6.24. The molecule has 0 bridgehead atoms. The Balaban J connectivity index is 2.55. The van der Waals surface area contributed by atoms with Crippen molar-refractivity contribution >= 4 is 21.4 Å². The molecule has 0 saturated carbocycles. The van der Waals surface area contributed by atoms with Crippen LogP contribution >= 0.6 is 0 Å². The third-order valence-electron chi connectivity index (χ3n) is 3.21. The van der Waals surface area contributed by atoms with Gasteiger partial charge in [0.05, 0.1) is 16.1 Å². The van der Waals surface area contributed by atoms with Gasteiger partial charge in [-0.05, 0) is 43.2 Å². The summed E-state index contributed by atoms with van der Waals surface area (Å²) in [5.41, 5.74) is 7.82. The first-order chi connectivity index (χ1) is 9.86. The third kappa shape index (κ3) is 2.83. The number of nitrogens with two attached hydrogens (primary N) is 1. The van der Waals surface area contributed by atoms with E-state index in [1.807, 2.05) is 6.07 Å². The lowest BCUT2D eigenvalue weighted by molar-refractivity contribution is 0.600. The summed E-state index contributed by atoms with van der Waals surface area (Å²) >= 11 is 0. The molecule has 5 nitrogen and oxygen atoms in total. The second kappa shape index (κ2) is 5.46. The molecule has 0 radical (unpaired) electrons. The van der Waals surface area contributed by atoms with Gasteiger partial charge in [-0.2, -0.15) is 5.26 Å². The molecule has 0 saturated heterocycles. The molecule has 0 aromatic heterocycles. The molecule has 3 N–H and O–H groups in total. The monoisotopic (exact) mass is 301 g/mol.